The molecule has 1 unspecified atom stereocenters. The fraction of sp³-hybridized carbons (Fsp3) is 0.478. The number of ether oxygens (including phenoxy) is 1. The van der Waals surface area contributed by atoms with E-state index in [0.717, 1.165) is 44.6 Å². The van der Waals surface area contributed by atoms with Crippen LogP contribution >= 0.6 is 0 Å². The molecular formula is C23H32N2O3S. The molecule has 1 N–H and O–H groups in total. The van der Waals surface area contributed by atoms with Crippen molar-refractivity contribution in [2.45, 2.75) is 43.6 Å². The molecule has 0 aliphatic carbocycles. The summed E-state index contributed by atoms with van der Waals surface area (Å²) in [6, 6.07) is 17.5. The Morgan fingerprint density at radius 2 is 1.79 bits per heavy atom. The minimum atomic E-state index is -3.44. The molecule has 6 heteroatoms. The summed E-state index contributed by atoms with van der Waals surface area (Å²) in [6.07, 6.45) is 1.89. The highest BCUT2D eigenvalue weighted by atomic mass is 32.2. The van der Waals surface area contributed by atoms with Crippen LogP contribution in [0.5, 0.6) is 0 Å². The summed E-state index contributed by atoms with van der Waals surface area (Å²) in [5.74, 6) is 0.390. The number of sulfonamides is 1. The summed E-state index contributed by atoms with van der Waals surface area (Å²) in [5.41, 5.74) is 2.36. The third-order valence-electron chi connectivity index (χ3n) is 5.37. The minimum Gasteiger partial charge on any atom is -0.371 e. The Hall–Kier alpha value is -1.73. The quantitative estimate of drug-likeness (QED) is 0.629. The number of nitrogens with one attached hydrogen (secondary N) is 1. The van der Waals surface area contributed by atoms with Gasteiger partial charge in [-0.3, -0.25) is 4.90 Å². The van der Waals surface area contributed by atoms with E-state index in [2.05, 4.69) is 35.6 Å². The van der Waals surface area contributed by atoms with Crippen LogP contribution < -0.4 is 4.72 Å². The topological polar surface area (TPSA) is 58.6 Å². The van der Waals surface area contributed by atoms with Gasteiger partial charge in [0, 0.05) is 19.6 Å². The van der Waals surface area contributed by atoms with Crippen LogP contribution in [0, 0.1) is 0 Å². The van der Waals surface area contributed by atoms with Crippen LogP contribution in [0.25, 0.3) is 0 Å². The fourth-order valence-corrected chi connectivity index (χ4v) is 4.63. The SMILES string of the molecule is CC(C)c1ccc(S(=O)(=O)NCCCCN2CCOC(c3ccccc3)C2)cc1. The molecule has 0 radical (unpaired) electrons. The van der Waals surface area contributed by atoms with Crippen LogP contribution in [0.15, 0.2) is 59.5 Å². The largest absolute Gasteiger partial charge is 0.371 e. The highest BCUT2D eigenvalue weighted by Gasteiger charge is 2.21. The molecule has 0 aromatic heterocycles. The van der Waals surface area contributed by atoms with E-state index >= 15 is 0 Å². The first-order valence-electron chi connectivity index (χ1n) is 10.4. The van der Waals surface area contributed by atoms with E-state index in [0.29, 0.717) is 17.4 Å². The first-order valence-corrected chi connectivity index (χ1v) is 11.9. The van der Waals surface area contributed by atoms with Crippen molar-refractivity contribution in [3.63, 3.8) is 0 Å². The van der Waals surface area contributed by atoms with E-state index in [4.69, 9.17) is 4.74 Å². The third kappa shape index (κ3) is 6.37. The van der Waals surface area contributed by atoms with E-state index in [1.165, 1.54) is 5.56 Å². The zero-order chi connectivity index (χ0) is 20.7. The van der Waals surface area contributed by atoms with Crippen LogP contribution in [-0.4, -0.2) is 46.1 Å². The van der Waals surface area contributed by atoms with Crippen LogP contribution in [0.1, 0.15) is 49.8 Å². The molecule has 0 saturated carbocycles. The molecule has 1 atom stereocenters. The Bertz CT molecular complexity index is 851. The van der Waals surface area contributed by atoms with Gasteiger partial charge in [-0.25, -0.2) is 13.1 Å². The van der Waals surface area contributed by atoms with Gasteiger partial charge in [-0.15, -0.1) is 0 Å². The minimum absolute atomic E-state index is 0.122. The smallest absolute Gasteiger partial charge is 0.240 e. The maximum Gasteiger partial charge on any atom is 0.240 e. The van der Waals surface area contributed by atoms with Gasteiger partial charge in [0.15, 0.2) is 0 Å². The number of nitrogens with zero attached hydrogens (tertiary/aromatic N) is 1. The Morgan fingerprint density at radius 1 is 1.07 bits per heavy atom. The molecule has 1 aliphatic heterocycles. The van der Waals surface area contributed by atoms with Gasteiger partial charge in [-0.2, -0.15) is 0 Å². The van der Waals surface area contributed by atoms with Crippen LogP contribution in [0.2, 0.25) is 0 Å². The molecule has 1 saturated heterocycles. The van der Waals surface area contributed by atoms with E-state index < -0.39 is 10.0 Å². The van der Waals surface area contributed by atoms with E-state index in [-0.39, 0.29) is 6.10 Å². The molecule has 2 aromatic rings. The molecular weight excluding hydrogens is 384 g/mol. The van der Waals surface area contributed by atoms with Gasteiger partial charge in [0.25, 0.3) is 0 Å². The summed E-state index contributed by atoms with van der Waals surface area (Å²) in [5, 5.41) is 0. The lowest BCUT2D eigenvalue weighted by Gasteiger charge is -2.33. The van der Waals surface area contributed by atoms with E-state index in [1.54, 1.807) is 12.1 Å². The number of benzene rings is 2. The lowest BCUT2D eigenvalue weighted by Crippen LogP contribution is -2.39. The molecule has 5 nitrogen and oxygen atoms in total. The summed E-state index contributed by atoms with van der Waals surface area (Å²) < 4.78 is 33.5. The Morgan fingerprint density at radius 3 is 2.48 bits per heavy atom. The number of hydrogen-bond donors (Lipinski definition) is 1. The highest BCUT2D eigenvalue weighted by molar-refractivity contribution is 7.89. The average molecular weight is 417 g/mol. The Labute approximate surface area is 175 Å². The van der Waals surface area contributed by atoms with Crippen molar-refractivity contribution < 1.29 is 13.2 Å². The molecule has 3 rings (SSSR count). The number of unbranched alkanes of at least 4 members (excludes halogenated alkanes) is 1. The van der Waals surface area contributed by atoms with Gasteiger partial charge < -0.3 is 4.74 Å². The first-order chi connectivity index (χ1) is 14.0. The monoisotopic (exact) mass is 416 g/mol. The second-order valence-corrected chi connectivity index (χ2v) is 9.67. The zero-order valence-electron chi connectivity index (χ0n) is 17.4. The lowest BCUT2D eigenvalue weighted by molar-refractivity contribution is -0.0303. The van der Waals surface area contributed by atoms with Crippen LogP contribution in [0.4, 0.5) is 0 Å². The number of morpholine rings is 1. The predicted molar refractivity (Wildman–Crippen MR) is 117 cm³/mol. The fourth-order valence-electron chi connectivity index (χ4n) is 3.56. The van der Waals surface area contributed by atoms with Gasteiger partial charge in [0.2, 0.25) is 10.0 Å². The van der Waals surface area contributed by atoms with Gasteiger partial charge in [0.05, 0.1) is 17.6 Å². The van der Waals surface area contributed by atoms with Crippen molar-refractivity contribution in [1.82, 2.24) is 9.62 Å². The predicted octanol–water partition coefficient (Wildman–Crippen LogP) is 3.94. The molecule has 2 aromatic carbocycles. The standard InChI is InChI=1S/C23H32N2O3S/c1-19(2)20-10-12-22(13-11-20)29(26,27)24-14-6-7-15-25-16-17-28-23(18-25)21-8-4-3-5-9-21/h3-5,8-13,19,23-24H,6-7,14-18H2,1-2H3. The third-order valence-corrected chi connectivity index (χ3v) is 6.85. The Kier molecular flexibility index (Phi) is 7.84. The molecule has 0 spiro atoms. The van der Waals surface area contributed by atoms with Crippen molar-refractivity contribution in [2.75, 3.05) is 32.8 Å². The molecule has 158 valence electrons. The first kappa shape index (κ1) is 22.0. The maximum atomic E-state index is 12.4. The summed E-state index contributed by atoms with van der Waals surface area (Å²) >= 11 is 0. The normalized spacial score (nSPS) is 18.2. The van der Waals surface area contributed by atoms with E-state index in [9.17, 15) is 8.42 Å². The average Bonchev–Trinajstić information content (AvgIpc) is 2.74. The van der Waals surface area contributed by atoms with Crippen molar-refractivity contribution in [1.29, 1.82) is 0 Å². The summed E-state index contributed by atoms with van der Waals surface area (Å²) in [4.78, 5) is 2.74. The van der Waals surface area contributed by atoms with Crippen molar-refractivity contribution >= 4 is 10.0 Å². The molecule has 1 fully saturated rings. The molecule has 0 amide bonds. The number of rotatable bonds is 9. The van der Waals surface area contributed by atoms with Crippen LogP contribution in [-0.2, 0) is 14.8 Å². The number of hydrogen-bond acceptors (Lipinski definition) is 4. The zero-order valence-corrected chi connectivity index (χ0v) is 18.2. The van der Waals surface area contributed by atoms with Gasteiger partial charge in [-0.05, 0) is 48.6 Å². The van der Waals surface area contributed by atoms with Crippen LogP contribution in [0.3, 0.4) is 0 Å². The van der Waals surface area contributed by atoms with E-state index in [1.807, 2.05) is 30.3 Å². The maximum absolute atomic E-state index is 12.4. The Balaban J connectivity index is 1.40. The summed E-state index contributed by atoms with van der Waals surface area (Å²) in [6.45, 7) is 8.16. The second-order valence-electron chi connectivity index (χ2n) is 7.90. The molecule has 1 heterocycles. The lowest BCUT2D eigenvalue weighted by atomic mass is 10.0. The van der Waals surface area contributed by atoms with Crippen molar-refractivity contribution in [2.24, 2.45) is 0 Å². The molecule has 1 aliphatic rings. The summed E-state index contributed by atoms with van der Waals surface area (Å²) in [7, 11) is -3.44. The second kappa shape index (κ2) is 10.3. The van der Waals surface area contributed by atoms with Gasteiger partial charge in [0.1, 0.15) is 0 Å². The van der Waals surface area contributed by atoms with Gasteiger partial charge >= 0.3 is 0 Å². The van der Waals surface area contributed by atoms with Gasteiger partial charge in [-0.1, -0.05) is 56.3 Å². The molecule has 0 bridgehead atoms. The van der Waals surface area contributed by atoms with Crippen molar-refractivity contribution in [3.8, 4) is 0 Å². The van der Waals surface area contributed by atoms with Crippen molar-refractivity contribution in [3.05, 3.63) is 65.7 Å². The molecule has 29 heavy (non-hydrogen) atoms. The highest BCUT2D eigenvalue weighted by Crippen LogP contribution is 2.22.